The summed E-state index contributed by atoms with van der Waals surface area (Å²) in [5, 5.41) is 9.38. The molecule has 2 N–H and O–H groups in total. The van der Waals surface area contributed by atoms with Gasteiger partial charge in [0.25, 0.3) is 5.91 Å². The molecule has 1 unspecified atom stereocenters. The summed E-state index contributed by atoms with van der Waals surface area (Å²) in [7, 11) is 3.88. The average molecular weight is 259 g/mol. The van der Waals surface area contributed by atoms with Crippen LogP contribution in [0.3, 0.4) is 0 Å². The zero-order valence-corrected chi connectivity index (χ0v) is 11.2. The number of anilines is 1. The maximum absolute atomic E-state index is 12.1. The van der Waals surface area contributed by atoms with Gasteiger partial charge in [0, 0.05) is 25.3 Å². The number of nitrogens with zero attached hydrogens (tertiary/aromatic N) is 3. The Morgan fingerprint density at radius 1 is 1.42 bits per heavy atom. The molecule has 1 heterocycles. The van der Waals surface area contributed by atoms with E-state index in [2.05, 4.69) is 20.5 Å². The summed E-state index contributed by atoms with van der Waals surface area (Å²) >= 11 is 0. The van der Waals surface area contributed by atoms with E-state index in [-0.39, 0.29) is 11.9 Å². The third-order valence-corrected chi connectivity index (χ3v) is 2.82. The van der Waals surface area contributed by atoms with Crippen molar-refractivity contribution in [2.45, 2.75) is 13.0 Å². The predicted octanol–water partition coefficient (Wildman–Crippen LogP) is 1.36. The van der Waals surface area contributed by atoms with Crippen LogP contribution in [0.25, 0.3) is 0 Å². The molecule has 2 aromatic rings. The van der Waals surface area contributed by atoms with Gasteiger partial charge in [-0.15, -0.1) is 0 Å². The van der Waals surface area contributed by atoms with Gasteiger partial charge in [0.05, 0.1) is 6.04 Å². The van der Waals surface area contributed by atoms with Gasteiger partial charge >= 0.3 is 0 Å². The van der Waals surface area contributed by atoms with Gasteiger partial charge in [-0.05, 0) is 25.1 Å². The molecule has 0 aliphatic carbocycles. The first-order valence-electron chi connectivity index (χ1n) is 6.01. The molecule has 0 saturated carbocycles. The maximum Gasteiger partial charge on any atom is 0.251 e. The maximum atomic E-state index is 12.1. The minimum Gasteiger partial charge on any atom is -0.378 e. The molecule has 2 rings (SSSR count). The molecular formula is C13H17N5O. The molecule has 0 saturated heterocycles. The van der Waals surface area contributed by atoms with Crippen LogP contribution < -0.4 is 10.2 Å². The van der Waals surface area contributed by atoms with E-state index in [1.165, 1.54) is 6.33 Å². The molecule has 0 spiro atoms. The number of carbonyl (C=O) groups excluding carboxylic acids is 1. The summed E-state index contributed by atoms with van der Waals surface area (Å²) in [4.78, 5) is 18.1. The molecule has 6 heteroatoms. The molecule has 1 aromatic carbocycles. The summed E-state index contributed by atoms with van der Waals surface area (Å²) in [6.07, 6.45) is 1.42. The largest absolute Gasteiger partial charge is 0.378 e. The predicted molar refractivity (Wildman–Crippen MR) is 73.0 cm³/mol. The number of nitrogens with one attached hydrogen (secondary N) is 2. The molecule has 0 aliphatic heterocycles. The van der Waals surface area contributed by atoms with E-state index in [1.807, 2.05) is 44.1 Å². The van der Waals surface area contributed by atoms with E-state index in [0.717, 1.165) is 5.69 Å². The van der Waals surface area contributed by atoms with Crippen LogP contribution in [0.4, 0.5) is 5.69 Å². The number of benzene rings is 1. The summed E-state index contributed by atoms with van der Waals surface area (Å²) in [5.41, 5.74) is 1.61. The Bertz CT molecular complexity index is 550. The fraction of sp³-hybridized carbons (Fsp3) is 0.308. The number of aromatic nitrogens is 3. The Balaban J connectivity index is 2.10. The van der Waals surface area contributed by atoms with Crippen molar-refractivity contribution in [2.75, 3.05) is 19.0 Å². The second kappa shape index (κ2) is 5.51. The number of amides is 1. The van der Waals surface area contributed by atoms with Crippen molar-refractivity contribution in [1.82, 2.24) is 20.5 Å². The van der Waals surface area contributed by atoms with Crippen LogP contribution in [0, 0.1) is 0 Å². The number of hydrogen-bond acceptors (Lipinski definition) is 4. The number of rotatable bonds is 4. The van der Waals surface area contributed by atoms with E-state index < -0.39 is 0 Å². The van der Waals surface area contributed by atoms with Gasteiger partial charge in [0.15, 0.2) is 0 Å². The van der Waals surface area contributed by atoms with Crippen LogP contribution in [0.5, 0.6) is 0 Å². The first-order valence-corrected chi connectivity index (χ1v) is 6.01. The van der Waals surface area contributed by atoms with Crippen molar-refractivity contribution < 1.29 is 4.79 Å². The van der Waals surface area contributed by atoms with E-state index in [4.69, 9.17) is 0 Å². The first kappa shape index (κ1) is 13.1. The lowest BCUT2D eigenvalue weighted by atomic mass is 10.1. The summed E-state index contributed by atoms with van der Waals surface area (Å²) in [5.74, 6) is 0.504. The highest BCUT2D eigenvalue weighted by Crippen LogP contribution is 2.14. The third kappa shape index (κ3) is 3.09. The number of carbonyl (C=O) groups is 1. The Morgan fingerprint density at radius 2 is 2.21 bits per heavy atom. The molecule has 0 radical (unpaired) electrons. The highest BCUT2D eigenvalue weighted by Gasteiger charge is 2.13. The second-order valence-electron chi connectivity index (χ2n) is 4.51. The Labute approximate surface area is 111 Å². The molecular weight excluding hydrogens is 242 g/mol. The van der Waals surface area contributed by atoms with Gasteiger partial charge in [0.1, 0.15) is 12.2 Å². The Hall–Kier alpha value is -2.37. The summed E-state index contributed by atoms with van der Waals surface area (Å²) < 4.78 is 0. The molecule has 100 valence electrons. The monoisotopic (exact) mass is 259 g/mol. The van der Waals surface area contributed by atoms with Crippen molar-refractivity contribution in [3.05, 3.63) is 42.0 Å². The molecule has 0 fully saturated rings. The van der Waals surface area contributed by atoms with Gasteiger partial charge in [-0.1, -0.05) is 6.07 Å². The highest BCUT2D eigenvalue weighted by atomic mass is 16.1. The molecule has 1 atom stereocenters. The van der Waals surface area contributed by atoms with Gasteiger partial charge in [-0.25, -0.2) is 4.98 Å². The summed E-state index contributed by atoms with van der Waals surface area (Å²) in [6.45, 7) is 1.86. The molecule has 1 aromatic heterocycles. The second-order valence-corrected chi connectivity index (χ2v) is 4.51. The zero-order chi connectivity index (χ0) is 13.8. The van der Waals surface area contributed by atoms with Crippen LogP contribution in [-0.4, -0.2) is 35.2 Å². The van der Waals surface area contributed by atoms with Crippen molar-refractivity contribution in [3.63, 3.8) is 0 Å². The molecule has 1 amide bonds. The molecule has 6 nitrogen and oxygen atoms in total. The topological polar surface area (TPSA) is 73.9 Å². The first-order chi connectivity index (χ1) is 9.08. The summed E-state index contributed by atoms with van der Waals surface area (Å²) in [6, 6.07) is 7.25. The number of hydrogen-bond donors (Lipinski definition) is 2. The minimum absolute atomic E-state index is 0.132. The fourth-order valence-electron chi connectivity index (χ4n) is 1.70. The van der Waals surface area contributed by atoms with E-state index >= 15 is 0 Å². The van der Waals surface area contributed by atoms with Crippen LogP contribution >= 0.6 is 0 Å². The lowest BCUT2D eigenvalue weighted by Crippen LogP contribution is -2.27. The normalized spacial score (nSPS) is 11.9. The Kier molecular flexibility index (Phi) is 3.79. The van der Waals surface area contributed by atoms with Gasteiger partial charge in [0.2, 0.25) is 0 Å². The fourth-order valence-corrected chi connectivity index (χ4v) is 1.70. The van der Waals surface area contributed by atoms with Gasteiger partial charge in [-0.3, -0.25) is 9.89 Å². The molecule has 0 bridgehead atoms. The van der Waals surface area contributed by atoms with Crippen LogP contribution in [0.15, 0.2) is 30.6 Å². The zero-order valence-electron chi connectivity index (χ0n) is 11.2. The number of H-pyrrole nitrogens is 1. The van der Waals surface area contributed by atoms with E-state index in [0.29, 0.717) is 11.4 Å². The van der Waals surface area contributed by atoms with Gasteiger partial charge in [-0.2, -0.15) is 5.10 Å². The van der Waals surface area contributed by atoms with Crippen molar-refractivity contribution in [3.8, 4) is 0 Å². The van der Waals surface area contributed by atoms with Crippen molar-refractivity contribution in [2.24, 2.45) is 0 Å². The third-order valence-electron chi connectivity index (χ3n) is 2.82. The SMILES string of the molecule is CC(NC(=O)c1cccc(N(C)C)c1)c1ncn[nH]1. The van der Waals surface area contributed by atoms with Crippen LogP contribution in [-0.2, 0) is 0 Å². The molecule has 19 heavy (non-hydrogen) atoms. The van der Waals surface area contributed by atoms with Gasteiger partial charge < -0.3 is 10.2 Å². The van der Waals surface area contributed by atoms with Crippen LogP contribution in [0.1, 0.15) is 29.1 Å². The lowest BCUT2D eigenvalue weighted by molar-refractivity contribution is 0.0938. The minimum atomic E-state index is -0.210. The quantitative estimate of drug-likeness (QED) is 0.869. The van der Waals surface area contributed by atoms with Crippen molar-refractivity contribution >= 4 is 11.6 Å². The van der Waals surface area contributed by atoms with E-state index in [9.17, 15) is 4.79 Å². The highest BCUT2D eigenvalue weighted by molar-refractivity contribution is 5.95. The molecule has 0 aliphatic rings. The van der Waals surface area contributed by atoms with Crippen LogP contribution in [0.2, 0.25) is 0 Å². The Morgan fingerprint density at radius 3 is 2.84 bits per heavy atom. The van der Waals surface area contributed by atoms with E-state index in [1.54, 1.807) is 6.07 Å². The van der Waals surface area contributed by atoms with Crippen molar-refractivity contribution in [1.29, 1.82) is 0 Å². The lowest BCUT2D eigenvalue weighted by Gasteiger charge is -2.15. The average Bonchev–Trinajstić information content (AvgIpc) is 2.92. The number of aromatic amines is 1. The smallest absolute Gasteiger partial charge is 0.251 e. The standard InChI is InChI=1S/C13H17N5O/c1-9(12-14-8-15-17-12)16-13(19)10-5-4-6-11(7-10)18(2)3/h4-9H,1-3H3,(H,16,19)(H,14,15,17).